The summed E-state index contributed by atoms with van der Waals surface area (Å²) in [5.41, 5.74) is 2.42. The number of hydrogen-bond donors (Lipinski definition) is 1. The Bertz CT molecular complexity index is 285. The van der Waals surface area contributed by atoms with Gasteiger partial charge in [0.05, 0.1) is 0 Å². The molecule has 2 heteroatoms. The lowest BCUT2D eigenvalue weighted by Gasteiger charge is -2.06. The lowest BCUT2D eigenvalue weighted by Crippen LogP contribution is -2.23. The molecule has 0 aliphatic rings. The lowest BCUT2D eigenvalue weighted by molar-refractivity contribution is 0.962. The number of benzene rings is 1. The van der Waals surface area contributed by atoms with Crippen LogP contribution in [0.3, 0.4) is 0 Å². The van der Waals surface area contributed by atoms with Gasteiger partial charge in [0.15, 0.2) is 0 Å². The monoisotopic (exact) mass is 176 g/mol. The van der Waals surface area contributed by atoms with Gasteiger partial charge in [-0.15, -0.1) is 0 Å². The number of rotatable bonds is 2. The van der Waals surface area contributed by atoms with Gasteiger partial charge < -0.3 is 5.32 Å². The maximum Gasteiger partial charge on any atom is 0.127 e. The van der Waals surface area contributed by atoms with Gasteiger partial charge in [0.2, 0.25) is 0 Å². The molecule has 0 fully saturated rings. The fourth-order valence-electron chi connectivity index (χ4n) is 1.19. The van der Waals surface area contributed by atoms with Crippen molar-refractivity contribution in [3.8, 4) is 0 Å². The van der Waals surface area contributed by atoms with Gasteiger partial charge in [-0.3, -0.25) is 4.99 Å². The molecule has 1 aromatic carbocycles. The molecule has 0 aromatic heterocycles. The van der Waals surface area contributed by atoms with Crippen LogP contribution < -0.4 is 5.32 Å². The summed E-state index contributed by atoms with van der Waals surface area (Å²) in [6, 6.07) is 8.36. The molecule has 0 heterocycles. The first-order valence-corrected chi connectivity index (χ1v) is 4.55. The van der Waals surface area contributed by atoms with Crippen LogP contribution in [0.15, 0.2) is 29.3 Å². The number of nitrogens with one attached hydrogen (secondary N) is 1. The van der Waals surface area contributed by atoms with Crippen molar-refractivity contribution in [3.05, 3.63) is 35.4 Å². The van der Waals surface area contributed by atoms with Crippen LogP contribution in [0.2, 0.25) is 0 Å². The number of aliphatic imine (C=N–C) groups is 1. The van der Waals surface area contributed by atoms with Crippen LogP contribution in [0, 0.1) is 6.92 Å². The molecule has 70 valence electrons. The van der Waals surface area contributed by atoms with Crippen LogP contribution in [0.1, 0.15) is 18.1 Å². The molecule has 0 saturated heterocycles. The highest BCUT2D eigenvalue weighted by molar-refractivity contribution is 5.98. The number of amidine groups is 1. The van der Waals surface area contributed by atoms with E-state index in [9.17, 15) is 0 Å². The minimum absolute atomic E-state index is 0.903. The molecular weight excluding hydrogens is 160 g/mol. The summed E-state index contributed by atoms with van der Waals surface area (Å²) in [5.74, 6) is 0.961. The zero-order chi connectivity index (χ0) is 9.68. The third-order valence-corrected chi connectivity index (χ3v) is 1.89. The van der Waals surface area contributed by atoms with E-state index in [1.807, 2.05) is 0 Å². The van der Waals surface area contributed by atoms with Gasteiger partial charge in [0.1, 0.15) is 5.84 Å². The van der Waals surface area contributed by atoms with Crippen LogP contribution in [0.25, 0.3) is 0 Å². The maximum atomic E-state index is 4.18. The van der Waals surface area contributed by atoms with Gasteiger partial charge in [0, 0.05) is 19.2 Å². The second-order valence-corrected chi connectivity index (χ2v) is 2.97. The summed E-state index contributed by atoms with van der Waals surface area (Å²) in [4.78, 5) is 4.18. The Kier molecular flexibility index (Phi) is 3.50. The molecule has 0 amide bonds. The predicted molar refractivity (Wildman–Crippen MR) is 57.3 cm³/mol. The van der Waals surface area contributed by atoms with E-state index in [0.29, 0.717) is 0 Å². The molecule has 0 aliphatic carbocycles. The van der Waals surface area contributed by atoms with Crippen LogP contribution in [-0.4, -0.2) is 19.4 Å². The molecule has 0 bridgehead atoms. The predicted octanol–water partition coefficient (Wildman–Crippen LogP) is 1.98. The zero-order valence-corrected chi connectivity index (χ0v) is 8.46. The van der Waals surface area contributed by atoms with Gasteiger partial charge in [0.25, 0.3) is 0 Å². The van der Waals surface area contributed by atoms with Crippen molar-refractivity contribution in [1.82, 2.24) is 5.32 Å². The normalized spacial score (nSPS) is 11.5. The van der Waals surface area contributed by atoms with Crippen molar-refractivity contribution in [1.29, 1.82) is 0 Å². The summed E-state index contributed by atoms with van der Waals surface area (Å²) in [5, 5.41) is 3.22. The SMILES string of the molecule is CCNC(=NC)c1ccc(C)cc1. The molecule has 13 heavy (non-hydrogen) atoms. The van der Waals surface area contributed by atoms with Crippen molar-refractivity contribution in [2.45, 2.75) is 13.8 Å². The van der Waals surface area contributed by atoms with Crippen molar-refractivity contribution >= 4 is 5.84 Å². The van der Waals surface area contributed by atoms with Gasteiger partial charge in [-0.25, -0.2) is 0 Å². The van der Waals surface area contributed by atoms with Crippen LogP contribution in [0.5, 0.6) is 0 Å². The fraction of sp³-hybridized carbons (Fsp3) is 0.364. The van der Waals surface area contributed by atoms with E-state index in [4.69, 9.17) is 0 Å². The lowest BCUT2D eigenvalue weighted by atomic mass is 10.1. The highest BCUT2D eigenvalue weighted by Gasteiger charge is 1.98. The molecule has 0 spiro atoms. The zero-order valence-electron chi connectivity index (χ0n) is 8.46. The third kappa shape index (κ3) is 2.58. The fourth-order valence-corrected chi connectivity index (χ4v) is 1.19. The molecule has 1 aromatic rings. The van der Waals surface area contributed by atoms with E-state index in [0.717, 1.165) is 17.9 Å². The first-order valence-electron chi connectivity index (χ1n) is 4.55. The highest BCUT2D eigenvalue weighted by Crippen LogP contribution is 2.03. The standard InChI is InChI=1S/C11H16N2/c1-4-13-11(12-3)10-7-5-9(2)6-8-10/h5-8H,4H2,1-3H3,(H,12,13). The summed E-state index contributed by atoms with van der Waals surface area (Å²) < 4.78 is 0. The highest BCUT2D eigenvalue weighted by atomic mass is 15.0. The Balaban J connectivity index is 2.87. The number of hydrogen-bond acceptors (Lipinski definition) is 1. The first kappa shape index (κ1) is 9.78. The van der Waals surface area contributed by atoms with E-state index in [1.54, 1.807) is 7.05 Å². The molecule has 1 N–H and O–H groups in total. The summed E-state index contributed by atoms with van der Waals surface area (Å²) in [6.45, 7) is 5.06. The molecule has 2 nitrogen and oxygen atoms in total. The van der Waals surface area contributed by atoms with Gasteiger partial charge in [-0.1, -0.05) is 29.8 Å². The quantitative estimate of drug-likeness (QED) is 0.541. The van der Waals surface area contributed by atoms with Crippen LogP contribution in [0.4, 0.5) is 0 Å². The second kappa shape index (κ2) is 4.65. The van der Waals surface area contributed by atoms with Gasteiger partial charge >= 0.3 is 0 Å². The first-order chi connectivity index (χ1) is 6.27. The average molecular weight is 176 g/mol. The number of aryl methyl sites for hydroxylation is 1. The molecule has 1 rings (SSSR count). The largest absolute Gasteiger partial charge is 0.370 e. The van der Waals surface area contributed by atoms with E-state index in [-0.39, 0.29) is 0 Å². The Hall–Kier alpha value is -1.31. The third-order valence-electron chi connectivity index (χ3n) is 1.89. The molecule has 0 unspecified atom stereocenters. The minimum Gasteiger partial charge on any atom is -0.370 e. The molecule has 0 saturated carbocycles. The van der Waals surface area contributed by atoms with E-state index < -0.39 is 0 Å². The summed E-state index contributed by atoms with van der Waals surface area (Å²) in [7, 11) is 1.80. The van der Waals surface area contributed by atoms with Crippen molar-refractivity contribution in [2.24, 2.45) is 4.99 Å². The molecular formula is C11H16N2. The van der Waals surface area contributed by atoms with Crippen LogP contribution in [-0.2, 0) is 0 Å². The molecule has 0 aliphatic heterocycles. The van der Waals surface area contributed by atoms with Crippen molar-refractivity contribution < 1.29 is 0 Å². The summed E-state index contributed by atoms with van der Waals surface area (Å²) >= 11 is 0. The molecule has 0 radical (unpaired) electrons. The van der Waals surface area contributed by atoms with E-state index in [1.165, 1.54) is 5.56 Å². The number of nitrogens with zero attached hydrogens (tertiary/aromatic N) is 1. The van der Waals surface area contributed by atoms with E-state index in [2.05, 4.69) is 48.4 Å². The average Bonchev–Trinajstić information content (AvgIpc) is 2.16. The van der Waals surface area contributed by atoms with Crippen molar-refractivity contribution in [2.75, 3.05) is 13.6 Å². The van der Waals surface area contributed by atoms with Crippen LogP contribution >= 0.6 is 0 Å². The minimum atomic E-state index is 0.903. The molecule has 0 atom stereocenters. The Labute approximate surface area is 79.7 Å². The Morgan fingerprint density at radius 3 is 2.38 bits per heavy atom. The topological polar surface area (TPSA) is 24.4 Å². The smallest absolute Gasteiger partial charge is 0.127 e. The second-order valence-electron chi connectivity index (χ2n) is 2.97. The van der Waals surface area contributed by atoms with Crippen molar-refractivity contribution in [3.63, 3.8) is 0 Å². The van der Waals surface area contributed by atoms with Gasteiger partial charge in [-0.05, 0) is 13.8 Å². The Morgan fingerprint density at radius 1 is 1.31 bits per heavy atom. The summed E-state index contributed by atoms with van der Waals surface area (Å²) in [6.07, 6.45) is 0. The Morgan fingerprint density at radius 2 is 1.92 bits per heavy atom. The van der Waals surface area contributed by atoms with Gasteiger partial charge in [-0.2, -0.15) is 0 Å². The maximum absolute atomic E-state index is 4.18. The van der Waals surface area contributed by atoms with E-state index >= 15 is 0 Å².